The van der Waals surface area contributed by atoms with Gasteiger partial charge in [-0.25, -0.2) is 4.98 Å². The van der Waals surface area contributed by atoms with Gasteiger partial charge in [0.25, 0.3) is 5.91 Å². The zero-order chi connectivity index (χ0) is 25.0. The van der Waals surface area contributed by atoms with Crippen molar-refractivity contribution in [3.8, 4) is 16.9 Å². The number of anilines is 1. The van der Waals surface area contributed by atoms with Gasteiger partial charge in [0.15, 0.2) is 0 Å². The zero-order valence-electron chi connectivity index (χ0n) is 20.4. The Kier molecular flexibility index (Phi) is 7.98. The standard InChI is InChI=1S/C16H14ClN5O2S.C9H16O/c1-8-4-10(11-5-14(17)19-7-13(11)24-3)12(6-18-8)15(23)20-16-22-21-9(2)25-16;1-2-3-4-9-5-8(9)6-10-7-9/h4-7H,1-3H3,(H,20,22,23);8H,2-7H2,1H3. The first kappa shape index (κ1) is 25.5. The molecule has 186 valence electrons. The van der Waals surface area contributed by atoms with Crippen LogP contribution in [0.1, 0.15) is 53.7 Å². The molecule has 2 unspecified atom stereocenters. The van der Waals surface area contributed by atoms with Gasteiger partial charge in [-0.05, 0) is 50.2 Å². The molecule has 2 atom stereocenters. The number of carbonyl (C=O) groups is 1. The van der Waals surface area contributed by atoms with E-state index in [9.17, 15) is 4.79 Å². The molecule has 10 heteroatoms. The lowest BCUT2D eigenvalue weighted by Crippen LogP contribution is -2.14. The SMILES string of the molecule is CCCCC12COCC1C2.COc1cnc(Cl)cc1-c1cc(C)ncc1C(=O)Nc1nnc(C)s1. The van der Waals surface area contributed by atoms with Gasteiger partial charge >= 0.3 is 0 Å². The number of ether oxygens (including phenoxy) is 2. The second-order valence-electron chi connectivity index (χ2n) is 9.04. The molecule has 1 amide bonds. The molecular formula is C25H30ClN5O3S. The van der Waals surface area contributed by atoms with Crippen molar-refractivity contribution < 1.29 is 14.3 Å². The fourth-order valence-electron chi connectivity index (χ4n) is 4.42. The number of fused-ring (bicyclic) bond motifs is 1. The molecule has 0 aromatic carbocycles. The number of amides is 1. The van der Waals surface area contributed by atoms with E-state index < -0.39 is 0 Å². The highest BCUT2D eigenvalue weighted by atomic mass is 35.5. The van der Waals surface area contributed by atoms with E-state index in [-0.39, 0.29) is 5.91 Å². The lowest BCUT2D eigenvalue weighted by molar-refractivity contribution is 0.102. The maximum atomic E-state index is 12.7. The average Bonchev–Trinajstić information content (AvgIpc) is 3.13. The molecule has 0 radical (unpaired) electrons. The quantitative estimate of drug-likeness (QED) is 0.400. The van der Waals surface area contributed by atoms with Crippen LogP contribution in [-0.4, -0.2) is 46.4 Å². The number of nitrogens with zero attached hydrogens (tertiary/aromatic N) is 4. The molecule has 2 fully saturated rings. The summed E-state index contributed by atoms with van der Waals surface area (Å²) < 4.78 is 10.8. The summed E-state index contributed by atoms with van der Waals surface area (Å²) in [5.74, 6) is 1.13. The molecule has 1 aliphatic heterocycles. The van der Waals surface area contributed by atoms with E-state index in [1.54, 1.807) is 12.1 Å². The van der Waals surface area contributed by atoms with Gasteiger partial charge in [-0.3, -0.25) is 15.1 Å². The number of nitrogens with one attached hydrogen (secondary N) is 1. The third kappa shape index (κ3) is 5.97. The number of halogens is 1. The van der Waals surface area contributed by atoms with E-state index >= 15 is 0 Å². The largest absolute Gasteiger partial charge is 0.494 e. The summed E-state index contributed by atoms with van der Waals surface area (Å²) in [5.41, 5.74) is 3.13. The maximum Gasteiger partial charge on any atom is 0.259 e. The van der Waals surface area contributed by atoms with Crippen LogP contribution < -0.4 is 10.1 Å². The Bertz CT molecular complexity index is 1200. The predicted octanol–water partition coefficient (Wildman–Crippen LogP) is 5.74. The minimum absolute atomic E-state index is 0.302. The van der Waals surface area contributed by atoms with Gasteiger partial charge in [0.2, 0.25) is 5.13 Å². The molecule has 4 heterocycles. The molecule has 5 rings (SSSR count). The van der Waals surface area contributed by atoms with Crippen LogP contribution in [0, 0.1) is 25.2 Å². The summed E-state index contributed by atoms with van der Waals surface area (Å²) in [6, 6.07) is 3.45. The first-order valence-electron chi connectivity index (χ1n) is 11.7. The van der Waals surface area contributed by atoms with Gasteiger partial charge in [-0.15, -0.1) is 10.2 Å². The van der Waals surface area contributed by atoms with Crippen LogP contribution in [0.25, 0.3) is 11.1 Å². The summed E-state index contributed by atoms with van der Waals surface area (Å²) in [6.07, 6.45) is 8.67. The highest BCUT2D eigenvalue weighted by Gasteiger charge is 2.57. The fraction of sp³-hybridized carbons (Fsp3) is 0.480. The third-order valence-electron chi connectivity index (χ3n) is 6.47. The number of aryl methyl sites for hydroxylation is 2. The molecule has 2 aliphatic rings. The number of aromatic nitrogens is 4. The van der Waals surface area contributed by atoms with Crippen molar-refractivity contribution in [1.29, 1.82) is 0 Å². The van der Waals surface area contributed by atoms with E-state index in [0.29, 0.717) is 38.1 Å². The van der Waals surface area contributed by atoms with Crippen LogP contribution in [0.2, 0.25) is 5.15 Å². The van der Waals surface area contributed by atoms with E-state index in [1.807, 2.05) is 13.8 Å². The Morgan fingerprint density at radius 3 is 2.71 bits per heavy atom. The van der Waals surface area contributed by atoms with Gasteiger partial charge in [-0.1, -0.05) is 42.7 Å². The summed E-state index contributed by atoms with van der Waals surface area (Å²) in [5, 5.41) is 12.0. The van der Waals surface area contributed by atoms with Crippen LogP contribution in [0.4, 0.5) is 5.13 Å². The van der Waals surface area contributed by atoms with E-state index in [0.717, 1.165) is 29.8 Å². The zero-order valence-corrected chi connectivity index (χ0v) is 22.0. The summed E-state index contributed by atoms with van der Waals surface area (Å²) >= 11 is 7.32. The number of rotatable bonds is 7. The summed E-state index contributed by atoms with van der Waals surface area (Å²) in [4.78, 5) is 21.0. The molecule has 0 spiro atoms. The number of unbranched alkanes of at least 4 members (excludes halogenated alkanes) is 1. The Morgan fingerprint density at radius 1 is 1.26 bits per heavy atom. The Balaban J connectivity index is 0.000000239. The van der Waals surface area contributed by atoms with Crippen LogP contribution in [-0.2, 0) is 4.74 Å². The highest BCUT2D eigenvalue weighted by molar-refractivity contribution is 7.15. The van der Waals surface area contributed by atoms with Crippen molar-refractivity contribution in [3.05, 3.63) is 45.9 Å². The van der Waals surface area contributed by atoms with Crippen molar-refractivity contribution in [2.24, 2.45) is 11.3 Å². The molecule has 1 saturated heterocycles. The molecule has 1 aliphatic carbocycles. The molecule has 35 heavy (non-hydrogen) atoms. The van der Waals surface area contributed by atoms with Crippen LogP contribution in [0.15, 0.2) is 24.5 Å². The van der Waals surface area contributed by atoms with Gasteiger partial charge < -0.3 is 9.47 Å². The minimum atomic E-state index is -0.339. The van der Waals surface area contributed by atoms with Gasteiger partial charge in [0.1, 0.15) is 15.9 Å². The number of carbonyl (C=O) groups excluding carboxylic acids is 1. The number of hydrogen-bond donors (Lipinski definition) is 1. The Labute approximate surface area is 214 Å². The number of pyridine rings is 2. The van der Waals surface area contributed by atoms with Gasteiger partial charge in [0.05, 0.1) is 32.1 Å². The molecule has 3 aromatic heterocycles. The first-order valence-corrected chi connectivity index (χ1v) is 12.9. The normalized spacial score (nSPS) is 20.0. The molecular weight excluding hydrogens is 486 g/mol. The van der Waals surface area contributed by atoms with Crippen molar-refractivity contribution >= 4 is 34.0 Å². The molecule has 1 saturated carbocycles. The summed E-state index contributed by atoms with van der Waals surface area (Å²) in [6.45, 7) is 8.05. The fourth-order valence-corrected chi connectivity index (χ4v) is 5.17. The molecule has 1 N–H and O–H groups in total. The van der Waals surface area contributed by atoms with E-state index in [2.05, 4.69) is 32.4 Å². The lowest BCUT2D eigenvalue weighted by Gasteiger charge is -2.13. The van der Waals surface area contributed by atoms with Crippen LogP contribution >= 0.6 is 22.9 Å². The average molecular weight is 516 g/mol. The van der Waals surface area contributed by atoms with Crippen molar-refractivity contribution in [2.75, 3.05) is 25.6 Å². The smallest absolute Gasteiger partial charge is 0.259 e. The van der Waals surface area contributed by atoms with Crippen molar-refractivity contribution in [2.45, 2.75) is 46.5 Å². The van der Waals surface area contributed by atoms with Gasteiger partial charge in [0, 0.05) is 23.0 Å². The van der Waals surface area contributed by atoms with Crippen LogP contribution in [0.5, 0.6) is 5.75 Å². The number of methoxy groups -OCH3 is 1. The first-order chi connectivity index (χ1) is 16.8. The van der Waals surface area contributed by atoms with Gasteiger partial charge in [-0.2, -0.15) is 0 Å². The predicted molar refractivity (Wildman–Crippen MR) is 137 cm³/mol. The highest BCUT2D eigenvalue weighted by Crippen LogP contribution is 2.59. The third-order valence-corrected chi connectivity index (χ3v) is 7.43. The molecule has 0 bridgehead atoms. The molecule has 3 aromatic rings. The topological polar surface area (TPSA) is 99.1 Å². The monoisotopic (exact) mass is 515 g/mol. The number of hydrogen-bond acceptors (Lipinski definition) is 8. The van der Waals surface area contributed by atoms with Crippen molar-refractivity contribution in [3.63, 3.8) is 0 Å². The molecule has 8 nitrogen and oxygen atoms in total. The van der Waals surface area contributed by atoms with Crippen LogP contribution in [0.3, 0.4) is 0 Å². The lowest BCUT2D eigenvalue weighted by atomic mass is 9.99. The Hall–Kier alpha value is -2.62. The van der Waals surface area contributed by atoms with E-state index in [4.69, 9.17) is 21.1 Å². The summed E-state index contributed by atoms with van der Waals surface area (Å²) in [7, 11) is 1.53. The Morgan fingerprint density at radius 2 is 2.09 bits per heavy atom. The minimum Gasteiger partial charge on any atom is -0.494 e. The second-order valence-corrected chi connectivity index (χ2v) is 10.6. The van der Waals surface area contributed by atoms with Crippen molar-refractivity contribution in [1.82, 2.24) is 20.2 Å². The van der Waals surface area contributed by atoms with E-state index in [1.165, 1.54) is 56.5 Å². The second kappa shape index (κ2) is 11.0. The maximum absolute atomic E-state index is 12.7.